The van der Waals surface area contributed by atoms with Gasteiger partial charge in [0.2, 0.25) is 5.91 Å². The van der Waals surface area contributed by atoms with Crippen LogP contribution in [0.2, 0.25) is 0 Å². The maximum absolute atomic E-state index is 12.8. The molecule has 100 valence electrons. The molecule has 1 aliphatic carbocycles. The molecule has 3 nitrogen and oxygen atoms in total. The van der Waals surface area contributed by atoms with E-state index in [9.17, 15) is 18.0 Å². The van der Waals surface area contributed by atoms with Gasteiger partial charge in [0.05, 0.1) is 0 Å². The first-order chi connectivity index (χ1) is 7.95. The number of halogens is 3. The van der Waals surface area contributed by atoms with Crippen LogP contribution in [0, 0.1) is 5.92 Å². The van der Waals surface area contributed by atoms with E-state index in [4.69, 9.17) is 5.73 Å². The highest BCUT2D eigenvalue weighted by Gasteiger charge is 2.45. The molecule has 1 rings (SSSR count). The van der Waals surface area contributed by atoms with E-state index in [1.807, 2.05) is 0 Å². The molecule has 6 heteroatoms. The van der Waals surface area contributed by atoms with E-state index in [1.54, 1.807) is 0 Å². The second kappa shape index (κ2) is 6.23. The van der Waals surface area contributed by atoms with E-state index >= 15 is 0 Å². The number of alkyl halides is 3. The molecule has 1 amide bonds. The monoisotopic (exact) mass is 252 g/mol. The summed E-state index contributed by atoms with van der Waals surface area (Å²) >= 11 is 0. The summed E-state index contributed by atoms with van der Waals surface area (Å²) in [6, 6.07) is -1.68. The Balaban J connectivity index is 2.54. The van der Waals surface area contributed by atoms with Crippen molar-refractivity contribution in [2.45, 2.75) is 50.7 Å². The van der Waals surface area contributed by atoms with Gasteiger partial charge in [0.25, 0.3) is 0 Å². The topological polar surface area (TPSA) is 55.1 Å². The van der Waals surface area contributed by atoms with Gasteiger partial charge in [-0.05, 0) is 31.7 Å². The standard InChI is InChI=1S/C11H19F3N2O/c12-11(13,14)10(8-4-1-2-5-8)16-9(17)6-3-7-15/h8,10H,1-7,15H2,(H,16,17). The SMILES string of the molecule is NCCCC(=O)NC(C1CCCC1)C(F)(F)F. The summed E-state index contributed by atoms with van der Waals surface area (Å²) in [5, 5.41) is 2.11. The van der Waals surface area contributed by atoms with E-state index < -0.39 is 24.0 Å². The molecule has 17 heavy (non-hydrogen) atoms. The maximum atomic E-state index is 12.8. The molecule has 0 aromatic rings. The van der Waals surface area contributed by atoms with Crippen LogP contribution < -0.4 is 11.1 Å². The average molecular weight is 252 g/mol. The van der Waals surface area contributed by atoms with Crippen molar-refractivity contribution < 1.29 is 18.0 Å². The first-order valence-corrected chi connectivity index (χ1v) is 6.01. The highest BCUT2D eigenvalue weighted by atomic mass is 19.4. The summed E-state index contributed by atoms with van der Waals surface area (Å²) in [4.78, 5) is 11.3. The number of amides is 1. The second-order valence-electron chi connectivity index (χ2n) is 4.52. The number of nitrogens with one attached hydrogen (secondary N) is 1. The highest BCUT2D eigenvalue weighted by Crippen LogP contribution is 2.35. The summed E-state index contributed by atoms with van der Waals surface area (Å²) in [5.74, 6) is -1.01. The molecule has 0 radical (unpaired) electrons. The molecule has 1 atom stereocenters. The molecule has 0 aliphatic heterocycles. The molecule has 0 spiro atoms. The first kappa shape index (κ1) is 14.3. The molecule has 0 heterocycles. The molecule has 1 unspecified atom stereocenters. The zero-order valence-corrected chi connectivity index (χ0v) is 9.72. The van der Waals surface area contributed by atoms with E-state index in [0.29, 0.717) is 25.8 Å². The Morgan fingerprint density at radius 2 is 1.94 bits per heavy atom. The lowest BCUT2D eigenvalue weighted by atomic mass is 9.97. The molecule has 0 saturated heterocycles. The lowest BCUT2D eigenvalue weighted by Gasteiger charge is -2.27. The number of rotatable bonds is 5. The Bertz CT molecular complexity index is 250. The normalized spacial score (nSPS) is 19.3. The Kier molecular flexibility index (Phi) is 5.24. The fraction of sp³-hybridized carbons (Fsp3) is 0.909. The second-order valence-corrected chi connectivity index (χ2v) is 4.52. The van der Waals surface area contributed by atoms with Gasteiger partial charge in [-0.25, -0.2) is 0 Å². The third kappa shape index (κ3) is 4.53. The van der Waals surface area contributed by atoms with Crippen molar-refractivity contribution in [2.75, 3.05) is 6.54 Å². The Labute approximate surface area is 98.9 Å². The van der Waals surface area contributed by atoms with Gasteiger partial charge < -0.3 is 11.1 Å². The van der Waals surface area contributed by atoms with Crippen LogP contribution in [0.15, 0.2) is 0 Å². The zero-order chi connectivity index (χ0) is 12.9. The molecular weight excluding hydrogens is 233 g/mol. The van der Waals surface area contributed by atoms with Crippen LogP contribution in [0.25, 0.3) is 0 Å². The maximum Gasteiger partial charge on any atom is 0.408 e. The summed E-state index contributed by atoms with van der Waals surface area (Å²) in [6.45, 7) is 0.313. The van der Waals surface area contributed by atoms with Crippen LogP contribution in [0.3, 0.4) is 0 Å². The van der Waals surface area contributed by atoms with Crippen LogP contribution in [0.1, 0.15) is 38.5 Å². The molecule has 1 fully saturated rings. The van der Waals surface area contributed by atoms with Crippen molar-refractivity contribution in [3.63, 3.8) is 0 Å². The van der Waals surface area contributed by atoms with E-state index in [1.165, 1.54) is 0 Å². The minimum Gasteiger partial charge on any atom is -0.344 e. The van der Waals surface area contributed by atoms with Gasteiger partial charge in [0.1, 0.15) is 6.04 Å². The molecule has 0 bridgehead atoms. The van der Waals surface area contributed by atoms with E-state index in [0.717, 1.165) is 12.8 Å². The van der Waals surface area contributed by atoms with Gasteiger partial charge in [-0.2, -0.15) is 13.2 Å². The Morgan fingerprint density at radius 1 is 1.35 bits per heavy atom. The third-order valence-electron chi connectivity index (χ3n) is 3.15. The smallest absolute Gasteiger partial charge is 0.344 e. The number of hydrogen-bond acceptors (Lipinski definition) is 2. The molecule has 3 N–H and O–H groups in total. The average Bonchev–Trinajstić information content (AvgIpc) is 2.74. The predicted octanol–water partition coefficient (Wildman–Crippen LogP) is 1.96. The molecular formula is C11H19F3N2O. The van der Waals surface area contributed by atoms with Crippen molar-refractivity contribution >= 4 is 5.91 Å². The van der Waals surface area contributed by atoms with E-state index in [-0.39, 0.29) is 6.42 Å². The minimum atomic E-state index is -4.35. The third-order valence-corrected chi connectivity index (χ3v) is 3.15. The summed E-state index contributed by atoms with van der Waals surface area (Å²) in [5.41, 5.74) is 5.21. The molecule has 0 aromatic heterocycles. The van der Waals surface area contributed by atoms with Crippen molar-refractivity contribution in [1.29, 1.82) is 0 Å². The van der Waals surface area contributed by atoms with Gasteiger partial charge in [0.15, 0.2) is 0 Å². The Morgan fingerprint density at radius 3 is 2.41 bits per heavy atom. The van der Waals surface area contributed by atoms with Gasteiger partial charge in [-0.1, -0.05) is 12.8 Å². The predicted molar refractivity (Wildman–Crippen MR) is 58.2 cm³/mol. The van der Waals surface area contributed by atoms with Crippen LogP contribution in [-0.4, -0.2) is 24.7 Å². The molecule has 0 aromatic carbocycles. The van der Waals surface area contributed by atoms with Gasteiger partial charge in [-0.3, -0.25) is 4.79 Å². The minimum absolute atomic E-state index is 0.0653. The van der Waals surface area contributed by atoms with Crippen molar-refractivity contribution in [3.05, 3.63) is 0 Å². The fourth-order valence-electron chi connectivity index (χ4n) is 2.27. The van der Waals surface area contributed by atoms with Crippen LogP contribution in [-0.2, 0) is 4.79 Å². The van der Waals surface area contributed by atoms with Gasteiger partial charge in [-0.15, -0.1) is 0 Å². The quantitative estimate of drug-likeness (QED) is 0.786. The lowest BCUT2D eigenvalue weighted by Crippen LogP contribution is -2.49. The van der Waals surface area contributed by atoms with E-state index in [2.05, 4.69) is 5.32 Å². The largest absolute Gasteiger partial charge is 0.408 e. The van der Waals surface area contributed by atoms with Gasteiger partial charge >= 0.3 is 6.18 Å². The first-order valence-electron chi connectivity index (χ1n) is 6.01. The number of carbonyl (C=O) groups excluding carboxylic acids is 1. The highest BCUT2D eigenvalue weighted by molar-refractivity contribution is 5.76. The number of hydrogen-bond donors (Lipinski definition) is 2. The number of carbonyl (C=O) groups is 1. The van der Waals surface area contributed by atoms with Crippen LogP contribution >= 0.6 is 0 Å². The van der Waals surface area contributed by atoms with Crippen molar-refractivity contribution in [1.82, 2.24) is 5.32 Å². The molecule has 1 aliphatic rings. The molecule has 1 saturated carbocycles. The fourth-order valence-corrected chi connectivity index (χ4v) is 2.27. The van der Waals surface area contributed by atoms with Crippen LogP contribution in [0.5, 0.6) is 0 Å². The van der Waals surface area contributed by atoms with Crippen LogP contribution in [0.4, 0.5) is 13.2 Å². The Hall–Kier alpha value is -0.780. The summed E-state index contributed by atoms with van der Waals surface area (Å²) in [7, 11) is 0. The summed E-state index contributed by atoms with van der Waals surface area (Å²) in [6.07, 6.45) is -1.15. The zero-order valence-electron chi connectivity index (χ0n) is 9.72. The van der Waals surface area contributed by atoms with Gasteiger partial charge in [0, 0.05) is 6.42 Å². The van der Waals surface area contributed by atoms with Crippen molar-refractivity contribution in [3.8, 4) is 0 Å². The number of nitrogens with two attached hydrogens (primary N) is 1. The summed E-state index contributed by atoms with van der Waals surface area (Å²) < 4.78 is 38.4. The lowest BCUT2D eigenvalue weighted by molar-refractivity contribution is -0.171. The van der Waals surface area contributed by atoms with Crippen molar-refractivity contribution in [2.24, 2.45) is 11.7 Å².